The highest BCUT2D eigenvalue weighted by molar-refractivity contribution is 5.94. The summed E-state index contributed by atoms with van der Waals surface area (Å²) in [5, 5.41) is 29.6. The van der Waals surface area contributed by atoms with E-state index in [9.17, 15) is 10.1 Å². The van der Waals surface area contributed by atoms with E-state index in [0.717, 1.165) is 16.3 Å². The van der Waals surface area contributed by atoms with Crippen LogP contribution in [0.3, 0.4) is 0 Å². The fraction of sp³-hybridized carbons (Fsp3) is 0.0476. The van der Waals surface area contributed by atoms with Crippen LogP contribution in [0.25, 0.3) is 39.5 Å². The molecule has 2 heterocycles. The Hall–Kier alpha value is -4.40. The van der Waals surface area contributed by atoms with Crippen LogP contribution in [0.4, 0.5) is 5.69 Å². The number of aromatic nitrogens is 5. The van der Waals surface area contributed by atoms with Crippen LogP contribution in [0.15, 0.2) is 71.1 Å². The number of rotatable bonds is 4. The van der Waals surface area contributed by atoms with Crippen molar-refractivity contribution in [2.45, 2.75) is 6.92 Å². The number of benzene rings is 3. The molecular weight excluding hydrogens is 384 g/mol. The standard InChI is InChI=1S/C21H14N6O3/c1-13-19(22-25-26(13)15-9-11-16(12-10-15)27(28)29)21-24-23-20(30-21)18-8-4-6-14-5-2-3-7-17(14)18/h2-12H,1H3. The first-order chi connectivity index (χ1) is 14.6. The van der Waals surface area contributed by atoms with E-state index in [1.54, 1.807) is 16.8 Å². The second-order valence-electron chi connectivity index (χ2n) is 6.65. The van der Waals surface area contributed by atoms with Crippen molar-refractivity contribution in [1.82, 2.24) is 25.2 Å². The SMILES string of the molecule is Cc1c(-c2nnc(-c3cccc4ccccc34)o2)nnn1-c1ccc([N+](=O)[O-])cc1. The van der Waals surface area contributed by atoms with Gasteiger partial charge in [-0.1, -0.05) is 41.6 Å². The number of non-ortho nitro benzene ring substituents is 1. The highest BCUT2D eigenvalue weighted by Gasteiger charge is 2.20. The van der Waals surface area contributed by atoms with E-state index in [4.69, 9.17) is 4.42 Å². The monoisotopic (exact) mass is 398 g/mol. The van der Waals surface area contributed by atoms with Crippen LogP contribution in [0, 0.1) is 17.0 Å². The third kappa shape index (κ3) is 2.89. The van der Waals surface area contributed by atoms with Gasteiger partial charge in [0.05, 0.1) is 16.3 Å². The highest BCUT2D eigenvalue weighted by atomic mass is 16.6. The summed E-state index contributed by atoms with van der Waals surface area (Å²) in [7, 11) is 0. The Balaban J connectivity index is 1.52. The average Bonchev–Trinajstić information content (AvgIpc) is 3.40. The molecule has 0 bridgehead atoms. The minimum absolute atomic E-state index is 0.00775. The number of hydrogen-bond donors (Lipinski definition) is 0. The lowest BCUT2D eigenvalue weighted by molar-refractivity contribution is -0.384. The average molecular weight is 398 g/mol. The molecule has 0 unspecified atom stereocenters. The van der Waals surface area contributed by atoms with E-state index in [1.807, 2.05) is 49.4 Å². The molecule has 3 aromatic carbocycles. The van der Waals surface area contributed by atoms with Crippen molar-refractivity contribution in [3.63, 3.8) is 0 Å². The molecule has 146 valence electrons. The first-order valence-corrected chi connectivity index (χ1v) is 9.11. The lowest BCUT2D eigenvalue weighted by atomic mass is 10.0. The molecule has 0 aliphatic carbocycles. The molecule has 0 fully saturated rings. The largest absolute Gasteiger partial charge is 0.414 e. The molecule has 0 spiro atoms. The Kier molecular flexibility index (Phi) is 4.06. The summed E-state index contributed by atoms with van der Waals surface area (Å²) in [5.41, 5.74) is 2.62. The van der Waals surface area contributed by atoms with Gasteiger partial charge in [-0.05, 0) is 35.9 Å². The summed E-state index contributed by atoms with van der Waals surface area (Å²) < 4.78 is 7.49. The zero-order valence-corrected chi connectivity index (χ0v) is 15.8. The molecule has 0 saturated carbocycles. The summed E-state index contributed by atoms with van der Waals surface area (Å²) in [6, 6.07) is 19.9. The van der Waals surface area contributed by atoms with Crippen molar-refractivity contribution in [1.29, 1.82) is 0 Å². The molecule has 9 heteroatoms. The van der Waals surface area contributed by atoms with Crippen LogP contribution in [-0.4, -0.2) is 30.1 Å². The predicted octanol–water partition coefficient (Wildman–Crippen LogP) is 4.35. The van der Waals surface area contributed by atoms with E-state index >= 15 is 0 Å². The normalized spacial score (nSPS) is 11.1. The van der Waals surface area contributed by atoms with Gasteiger partial charge in [-0.25, -0.2) is 4.68 Å². The van der Waals surface area contributed by atoms with Gasteiger partial charge in [-0.2, -0.15) is 0 Å². The van der Waals surface area contributed by atoms with Gasteiger partial charge in [0.25, 0.3) is 11.6 Å². The van der Waals surface area contributed by atoms with E-state index < -0.39 is 4.92 Å². The molecule has 5 rings (SSSR count). The molecule has 0 N–H and O–H groups in total. The van der Waals surface area contributed by atoms with E-state index in [0.29, 0.717) is 23.0 Å². The molecule has 2 aromatic heterocycles. The molecule has 5 aromatic rings. The Labute approximate surface area is 169 Å². The zero-order chi connectivity index (χ0) is 20.7. The maximum atomic E-state index is 10.8. The Morgan fingerprint density at radius 3 is 2.43 bits per heavy atom. The molecule has 0 radical (unpaired) electrons. The van der Waals surface area contributed by atoms with Crippen molar-refractivity contribution >= 4 is 16.5 Å². The van der Waals surface area contributed by atoms with Crippen LogP contribution in [0.2, 0.25) is 0 Å². The number of hydrogen-bond acceptors (Lipinski definition) is 7. The molecular formula is C21H14N6O3. The number of nitro groups is 1. The first-order valence-electron chi connectivity index (χ1n) is 9.11. The van der Waals surface area contributed by atoms with Crippen LogP contribution in [-0.2, 0) is 0 Å². The maximum Gasteiger partial charge on any atom is 0.270 e. The minimum atomic E-state index is -0.448. The van der Waals surface area contributed by atoms with Gasteiger partial charge in [0, 0.05) is 17.7 Å². The van der Waals surface area contributed by atoms with Crippen molar-refractivity contribution in [3.8, 4) is 28.7 Å². The Morgan fingerprint density at radius 1 is 0.900 bits per heavy atom. The fourth-order valence-electron chi connectivity index (χ4n) is 3.33. The van der Waals surface area contributed by atoms with E-state index in [-0.39, 0.29) is 11.6 Å². The summed E-state index contributed by atoms with van der Waals surface area (Å²) in [4.78, 5) is 10.4. The summed E-state index contributed by atoms with van der Waals surface area (Å²) in [5.74, 6) is 0.648. The first kappa shape index (κ1) is 17.7. The Morgan fingerprint density at radius 2 is 1.63 bits per heavy atom. The van der Waals surface area contributed by atoms with Gasteiger partial charge >= 0.3 is 0 Å². The molecule has 9 nitrogen and oxygen atoms in total. The van der Waals surface area contributed by atoms with Crippen LogP contribution in [0.1, 0.15) is 5.69 Å². The van der Waals surface area contributed by atoms with Crippen molar-refractivity contribution in [2.75, 3.05) is 0 Å². The third-order valence-electron chi connectivity index (χ3n) is 4.85. The summed E-state index contributed by atoms with van der Waals surface area (Å²) in [6.45, 7) is 1.82. The third-order valence-corrected chi connectivity index (χ3v) is 4.85. The smallest absolute Gasteiger partial charge is 0.270 e. The Bertz CT molecular complexity index is 1380. The van der Waals surface area contributed by atoms with Crippen molar-refractivity contribution in [3.05, 3.63) is 82.5 Å². The molecule has 0 aliphatic heterocycles. The number of nitrogens with zero attached hydrogens (tertiary/aromatic N) is 6. The zero-order valence-electron chi connectivity index (χ0n) is 15.8. The van der Waals surface area contributed by atoms with Gasteiger partial charge in [0.2, 0.25) is 5.89 Å². The molecule has 0 amide bonds. The quantitative estimate of drug-likeness (QED) is 0.326. The second kappa shape index (κ2) is 6.89. The van der Waals surface area contributed by atoms with E-state index in [1.165, 1.54) is 12.1 Å². The maximum absolute atomic E-state index is 10.8. The summed E-state index contributed by atoms with van der Waals surface area (Å²) in [6.07, 6.45) is 0. The van der Waals surface area contributed by atoms with Gasteiger partial charge in [-0.3, -0.25) is 10.1 Å². The molecule has 0 aliphatic rings. The van der Waals surface area contributed by atoms with Crippen LogP contribution >= 0.6 is 0 Å². The number of fused-ring (bicyclic) bond motifs is 1. The minimum Gasteiger partial charge on any atom is -0.414 e. The summed E-state index contributed by atoms with van der Waals surface area (Å²) >= 11 is 0. The van der Waals surface area contributed by atoms with Crippen molar-refractivity contribution in [2.24, 2.45) is 0 Å². The van der Waals surface area contributed by atoms with Gasteiger partial charge in [0.1, 0.15) is 0 Å². The van der Waals surface area contributed by atoms with Gasteiger partial charge in [-0.15, -0.1) is 15.3 Å². The fourth-order valence-corrected chi connectivity index (χ4v) is 3.33. The molecule has 30 heavy (non-hydrogen) atoms. The second-order valence-corrected chi connectivity index (χ2v) is 6.65. The van der Waals surface area contributed by atoms with Crippen molar-refractivity contribution < 1.29 is 9.34 Å². The van der Waals surface area contributed by atoms with Crippen LogP contribution < -0.4 is 0 Å². The number of nitro benzene ring substituents is 1. The lowest BCUT2D eigenvalue weighted by Crippen LogP contribution is -1.99. The van der Waals surface area contributed by atoms with Gasteiger partial charge < -0.3 is 4.42 Å². The van der Waals surface area contributed by atoms with Gasteiger partial charge in [0.15, 0.2) is 5.69 Å². The molecule has 0 atom stereocenters. The lowest BCUT2D eigenvalue weighted by Gasteiger charge is -2.02. The molecule has 0 saturated heterocycles. The van der Waals surface area contributed by atoms with Crippen LogP contribution in [0.5, 0.6) is 0 Å². The topological polar surface area (TPSA) is 113 Å². The van der Waals surface area contributed by atoms with E-state index in [2.05, 4.69) is 20.5 Å². The predicted molar refractivity (Wildman–Crippen MR) is 109 cm³/mol. The highest BCUT2D eigenvalue weighted by Crippen LogP contribution is 2.30.